The number of allylic oxidation sites excluding steroid dienone is 7. The van der Waals surface area contributed by atoms with Crippen molar-refractivity contribution in [3.8, 4) is 0 Å². The highest BCUT2D eigenvalue weighted by molar-refractivity contribution is 7.45. The van der Waals surface area contributed by atoms with E-state index in [0.717, 1.165) is 89.9 Å². The minimum absolute atomic E-state index is 0.0252. The molecule has 0 spiro atoms. The van der Waals surface area contributed by atoms with Gasteiger partial charge in [0, 0.05) is 12.8 Å². The number of quaternary nitrogens is 1. The van der Waals surface area contributed by atoms with Gasteiger partial charge in [0.05, 0.1) is 33.8 Å². The fourth-order valence-corrected chi connectivity index (χ4v) is 8.76. The van der Waals surface area contributed by atoms with Crippen LogP contribution in [0, 0.1) is 0 Å². The van der Waals surface area contributed by atoms with E-state index in [9.17, 15) is 19.0 Å². The summed E-state index contributed by atoms with van der Waals surface area (Å²) in [6.07, 6.45) is 57.8. The van der Waals surface area contributed by atoms with Crippen molar-refractivity contribution in [3.63, 3.8) is 0 Å². The van der Waals surface area contributed by atoms with Gasteiger partial charge in [0.15, 0.2) is 0 Å². The Morgan fingerprint density at radius 2 is 0.897 bits per heavy atom. The van der Waals surface area contributed by atoms with E-state index < -0.39 is 26.6 Å². The second-order valence-electron chi connectivity index (χ2n) is 20.5. The Kier molecular flexibility index (Phi) is 47.1. The molecule has 0 aromatic rings. The van der Waals surface area contributed by atoms with Crippen molar-refractivity contribution < 1.29 is 37.3 Å². The Morgan fingerprint density at radius 3 is 1.38 bits per heavy atom. The van der Waals surface area contributed by atoms with Crippen LogP contribution in [-0.4, -0.2) is 69.4 Å². The summed E-state index contributed by atoms with van der Waals surface area (Å²) in [5.41, 5.74) is 0. The van der Waals surface area contributed by atoms with Gasteiger partial charge in [-0.3, -0.25) is 14.2 Å². The number of amides is 1. The van der Waals surface area contributed by atoms with E-state index in [4.69, 9.17) is 13.8 Å². The summed E-state index contributed by atoms with van der Waals surface area (Å²) < 4.78 is 30.2. The van der Waals surface area contributed by atoms with Gasteiger partial charge in [0.2, 0.25) is 5.91 Å². The van der Waals surface area contributed by atoms with Crippen LogP contribution in [0.1, 0.15) is 258 Å². The summed E-state index contributed by atoms with van der Waals surface area (Å²) >= 11 is 0. The number of nitrogens with zero attached hydrogens (tertiary/aromatic N) is 1. The van der Waals surface area contributed by atoms with Crippen molar-refractivity contribution in [1.29, 1.82) is 0 Å². The number of unbranched alkanes of at least 4 members (excludes halogenated alkanes) is 30. The first kappa shape index (κ1) is 66.0. The summed E-state index contributed by atoms with van der Waals surface area (Å²) in [4.78, 5) is 39.8. The molecule has 0 aliphatic rings. The lowest BCUT2D eigenvalue weighted by molar-refractivity contribution is -0.870. The van der Waals surface area contributed by atoms with Gasteiger partial charge in [-0.05, 0) is 83.1 Å². The second-order valence-corrected chi connectivity index (χ2v) is 21.9. The molecule has 0 aliphatic heterocycles. The fraction of sp³-hybridized carbons (Fsp3) is 0.828. The Morgan fingerprint density at radius 1 is 0.515 bits per heavy atom. The predicted octanol–water partition coefficient (Wildman–Crippen LogP) is 16.3. The van der Waals surface area contributed by atoms with Crippen molar-refractivity contribution in [2.24, 2.45) is 0 Å². The fourth-order valence-electron chi connectivity index (χ4n) is 8.04. The number of phosphoric acid groups is 1. The summed E-state index contributed by atoms with van der Waals surface area (Å²) in [6, 6.07) is -0.893. The van der Waals surface area contributed by atoms with E-state index in [-0.39, 0.29) is 24.9 Å². The zero-order valence-corrected chi connectivity index (χ0v) is 46.2. The number of hydrogen-bond acceptors (Lipinski definition) is 7. The molecule has 398 valence electrons. The number of rotatable bonds is 51. The average molecular weight is 977 g/mol. The molecular formula is C58H109N2O7P. The van der Waals surface area contributed by atoms with Gasteiger partial charge < -0.3 is 28.5 Å². The number of hydrogen-bond donors (Lipinski definition) is 1. The van der Waals surface area contributed by atoms with E-state index >= 15 is 0 Å². The van der Waals surface area contributed by atoms with Gasteiger partial charge in [0.1, 0.15) is 19.3 Å². The van der Waals surface area contributed by atoms with Crippen LogP contribution in [0.25, 0.3) is 0 Å². The van der Waals surface area contributed by atoms with Crippen LogP contribution in [0.4, 0.5) is 0 Å². The molecule has 0 rings (SSSR count). The summed E-state index contributed by atoms with van der Waals surface area (Å²) in [7, 11) is 1.18. The van der Waals surface area contributed by atoms with Crippen LogP contribution < -0.4 is 10.2 Å². The number of carbonyl (C=O) groups is 2. The van der Waals surface area contributed by atoms with Crippen molar-refractivity contribution in [3.05, 3.63) is 48.6 Å². The third-order valence-electron chi connectivity index (χ3n) is 12.5. The number of ether oxygens (including phenoxy) is 1. The molecule has 0 fully saturated rings. The lowest BCUT2D eigenvalue weighted by atomic mass is 10.0. The van der Waals surface area contributed by atoms with E-state index in [1.807, 2.05) is 33.3 Å². The first-order valence-corrected chi connectivity index (χ1v) is 29.9. The molecule has 0 saturated carbocycles. The second kappa shape index (κ2) is 48.6. The summed E-state index contributed by atoms with van der Waals surface area (Å²) in [5.74, 6) is -0.557. The van der Waals surface area contributed by atoms with Crippen LogP contribution in [0.2, 0.25) is 0 Å². The maximum atomic E-state index is 13.5. The highest BCUT2D eigenvalue weighted by atomic mass is 31.2. The zero-order chi connectivity index (χ0) is 50.1. The van der Waals surface area contributed by atoms with E-state index in [1.54, 1.807) is 0 Å². The maximum Gasteiger partial charge on any atom is 0.306 e. The topological polar surface area (TPSA) is 114 Å². The highest BCUT2D eigenvalue weighted by Crippen LogP contribution is 2.38. The quantitative estimate of drug-likeness (QED) is 0.0161. The molecule has 1 N–H and O–H groups in total. The van der Waals surface area contributed by atoms with Gasteiger partial charge in [-0.2, -0.15) is 0 Å². The van der Waals surface area contributed by atoms with Gasteiger partial charge >= 0.3 is 5.97 Å². The average Bonchev–Trinajstić information content (AvgIpc) is 3.29. The predicted molar refractivity (Wildman–Crippen MR) is 289 cm³/mol. The number of likely N-dealkylation sites (N-methyl/N-ethyl adjacent to an activating group) is 1. The lowest BCUT2D eigenvalue weighted by Crippen LogP contribution is -2.47. The van der Waals surface area contributed by atoms with E-state index in [1.165, 1.54) is 135 Å². The molecule has 0 heterocycles. The summed E-state index contributed by atoms with van der Waals surface area (Å²) in [5, 5.41) is 3.01. The van der Waals surface area contributed by atoms with Crippen molar-refractivity contribution in [2.45, 2.75) is 270 Å². The van der Waals surface area contributed by atoms with Crippen molar-refractivity contribution in [1.82, 2.24) is 5.32 Å². The molecule has 0 aliphatic carbocycles. The molecule has 0 aromatic heterocycles. The maximum absolute atomic E-state index is 13.5. The number of nitrogens with one attached hydrogen (secondary N) is 1. The first-order chi connectivity index (χ1) is 32.9. The van der Waals surface area contributed by atoms with Crippen LogP contribution in [0.3, 0.4) is 0 Å². The molecule has 1 amide bonds. The van der Waals surface area contributed by atoms with E-state index in [0.29, 0.717) is 17.4 Å². The molecule has 3 unspecified atom stereocenters. The third kappa shape index (κ3) is 49.0. The molecular weight excluding hydrogens is 868 g/mol. The standard InChI is InChI=1S/C58H109N2O7P/c1-7-10-13-16-19-22-25-28-30-32-35-38-41-44-47-50-57(61)59-55(54-66-68(63,64)65-53-52-60(4,5)6)56(49-46-43-40-37-34-27-24-21-18-15-12-9-3)67-58(62)51-48-45-42-39-36-33-31-29-26-23-20-17-14-11-8-2/h20,22-23,25-26,29,46,49,55-56H,7-19,21,24,27-28,30-45,47-48,50-54H2,1-6H3,(H-,59,61,63,64)/b23-20+,25-22-,29-26+,49-46+. The van der Waals surface area contributed by atoms with Crippen molar-refractivity contribution in [2.75, 3.05) is 40.9 Å². The minimum atomic E-state index is -4.69. The van der Waals surface area contributed by atoms with Crippen LogP contribution in [0.5, 0.6) is 0 Å². The van der Waals surface area contributed by atoms with Gasteiger partial charge in [-0.25, -0.2) is 0 Å². The molecule has 0 aromatic carbocycles. The molecule has 68 heavy (non-hydrogen) atoms. The lowest BCUT2D eigenvalue weighted by Gasteiger charge is -2.30. The smallest absolute Gasteiger partial charge is 0.306 e. The Balaban J connectivity index is 5.38. The molecule has 10 heteroatoms. The van der Waals surface area contributed by atoms with Gasteiger partial charge in [-0.1, -0.05) is 211 Å². The number of phosphoric ester groups is 1. The van der Waals surface area contributed by atoms with E-state index in [2.05, 4.69) is 62.5 Å². The Hall–Kier alpha value is -2.03. The number of esters is 1. The Labute approximate surface area is 420 Å². The largest absolute Gasteiger partial charge is 0.756 e. The van der Waals surface area contributed by atoms with Gasteiger partial charge in [0.25, 0.3) is 7.82 Å². The molecule has 0 bridgehead atoms. The molecule has 9 nitrogen and oxygen atoms in total. The number of carbonyl (C=O) groups excluding carboxylic acids is 2. The summed E-state index contributed by atoms with van der Waals surface area (Å²) in [6.45, 7) is 6.79. The van der Waals surface area contributed by atoms with Crippen LogP contribution >= 0.6 is 7.82 Å². The third-order valence-corrected chi connectivity index (χ3v) is 13.5. The zero-order valence-electron chi connectivity index (χ0n) is 45.3. The SMILES string of the molecule is CCCCC/C=C/C=C/CCCCCCCCC(=O)OC(/C=C/CCCCCCCCCCCC)C(COP(=O)([O-])OCC[N+](C)(C)C)NC(=O)CCCCCCCCC/C=C\CCCCCC. The molecule has 0 radical (unpaired) electrons. The van der Waals surface area contributed by atoms with Crippen molar-refractivity contribution >= 4 is 19.7 Å². The molecule has 0 saturated heterocycles. The highest BCUT2D eigenvalue weighted by Gasteiger charge is 2.27. The van der Waals surface area contributed by atoms with Crippen LogP contribution in [-0.2, 0) is 27.9 Å². The van der Waals surface area contributed by atoms with Gasteiger partial charge in [-0.15, -0.1) is 0 Å². The molecule has 3 atom stereocenters. The van der Waals surface area contributed by atoms with Crippen LogP contribution in [0.15, 0.2) is 48.6 Å². The normalized spacial score (nSPS) is 14.2. The monoisotopic (exact) mass is 977 g/mol. The minimum Gasteiger partial charge on any atom is -0.756 e. The first-order valence-electron chi connectivity index (χ1n) is 28.5. The Bertz CT molecular complexity index is 1310.